The van der Waals surface area contributed by atoms with Gasteiger partial charge in [-0.15, -0.1) is 0 Å². The molecule has 0 spiro atoms. The summed E-state index contributed by atoms with van der Waals surface area (Å²) in [4.78, 5) is 82.6. The van der Waals surface area contributed by atoms with Crippen LogP contribution in [-0.4, -0.2) is 142 Å². The number of aliphatic imine (C=N–C) groups is 2. The van der Waals surface area contributed by atoms with Crippen LogP contribution in [0.4, 0.5) is 27.5 Å². The summed E-state index contributed by atoms with van der Waals surface area (Å²) in [6.07, 6.45) is 6.75. The molecule has 0 aromatic heterocycles. The van der Waals surface area contributed by atoms with Gasteiger partial charge in [-0.1, -0.05) is 38.1 Å². The van der Waals surface area contributed by atoms with Crippen molar-refractivity contribution in [2.45, 2.75) is 64.3 Å². The summed E-state index contributed by atoms with van der Waals surface area (Å²) >= 11 is 0. The number of methoxy groups -OCH3 is 2. The van der Waals surface area contributed by atoms with Crippen molar-refractivity contribution in [2.75, 3.05) is 70.9 Å². The van der Waals surface area contributed by atoms with E-state index in [9.17, 15) is 24.0 Å². The SMILES string of the molecule is COc1cc2c(cc1OCCCOc1cc3c(cc1OC)C(=O)N1C=C(c4ccc(N5CCN(C)CC5)cc4)C[C@H]1C=N3)N=C[C@@H]1CC(c3ccc(NC(=O)[C@H](C)NC(=O)[C@@H](OC(N)=O)C(C)C)cc3)=CN1C2=O. The highest BCUT2D eigenvalue weighted by atomic mass is 16.6. The van der Waals surface area contributed by atoms with E-state index in [4.69, 9.17) is 39.4 Å². The third-order valence-electron chi connectivity index (χ3n) is 13.7. The van der Waals surface area contributed by atoms with Gasteiger partial charge in [-0.05, 0) is 78.6 Å². The average Bonchev–Trinajstić information content (AvgIpc) is 3.98. The van der Waals surface area contributed by atoms with Crippen LogP contribution in [0.3, 0.4) is 0 Å². The molecule has 4 aromatic carbocycles. The second-order valence-corrected chi connectivity index (χ2v) is 19.2. The quantitative estimate of drug-likeness (QED) is 0.0930. The van der Waals surface area contributed by atoms with Crippen LogP contribution < -0.4 is 40.2 Å². The number of likely N-dealkylation sites (N-methyl/N-ethyl adjacent to an activating group) is 1. The van der Waals surface area contributed by atoms with Crippen LogP contribution in [0.15, 0.2) is 95.2 Å². The molecule has 5 aliphatic heterocycles. The molecule has 0 radical (unpaired) electrons. The fourth-order valence-corrected chi connectivity index (χ4v) is 9.51. The number of amides is 5. The molecule has 0 unspecified atom stereocenters. The van der Waals surface area contributed by atoms with Crippen molar-refractivity contribution < 1.29 is 47.7 Å². The van der Waals surface area contributed by atoms with Crippen LogP contribution in [0.2, 0.25) is 0 Å². The lowest BCUT2D eigenvalue weighted by Crippen LogP contribution is -2.49. The molecule has 9 rings (SSSR count). The number of primary amides is 1. The van der Waals surface area contributed by atoms with Crippen molar-refractivity contribution >= 4 is 76.0 Å². The molecule has 19 heteroatoms. The lowest BCUT2D eigenvalue weighted by atomic mass is 10.0. The summed E-state index contributed by atoms with van der Waals surface area (Å²) in [6.45, 7) is 9.52. The van der Waals surface area contributed by atoms with E-state index in [2.05, 4.69) is 51.7 Å². The van der Waals surface area contributed by atoms with Crippen molar-refractivity contribution in [1.82, 2.24) is 20.0 Å². The Bertz CT molecular complexity index is 2950. The van der Waals surface area contributed by atoms with Gasteiger partial charge >= 0.3 is 6.09 Å². The van der Waals surface area contributed by atoms with Crippen molar-refractivity contribution in [3.63, 3.8) is 0 Å². The average molecular weight is 1010 g/mol. The molecule has 5 heterocycles. The highest BCUT2D eigenvalue weighted by molar-refractivity contribution is 6.07. The number of nitrogens with zero attached hydrogens (tertiary/aromatic N) is 6. The molecule has 1 saturated heterocycles. The van der Waals surface area contributed by atoms with Crippen molar-refractivity contribution in [2.24, 2.45) is 21.6 Å². The maximum Gasteiger partial charge on any atom is 0.405 e. The van der Waals surface area contributed by atoms with Gasteiger partial charge < -0.3 is 59.7 Å². The van der Waals surface area contributed by atoms with Gasteiger partial charge in [0, 0.05) is 93.8 Å². The normalized spacial score (nSPS) is 18.7. The summed E-state index contributed by atoms with van der Waals surface area (Å²) in [5, 5.41) is 5.35. The molecular weight excluding hydrogens is 947 g/mol. The zero-order valence-corrected chi connectivity index (χ0v) is 42.3. The zero-order valence-electron chi connectivity index (χ0n) is 42.3. The van der Waals surface area contributed by atoms with E-state index < -0.39 is 30.1 Å². The monoisotopic (exact) mass is 1010 g/mol. The number of rotatable bonds is 17. The van der Waals surface area contributed by atoms with Crippen molar-refractivity contribution in [3.8, 4) is 23.0 Å². The fraction of sp³-hybridized carbons (Fsp3) is 0.364. The fourth-order valence-electron chi connectivity index (χ4n) is 9.51. The van der Waals surface area contributed by atoms with Gasteiger partial charge in [0.2, 0.25) is 5.91 Å². The van der Waals surface area contributed by atoms with Gasteiger partial charge in [0.15, 0.2) is 29.1 Å². The van der Waals surface area contributed by atoms with Crippen LogP contribution in [0, 0.1) is 5.92 Å². The number of ether oxygens (including phenoxy) is 5. The third kappa shape index (κ3) is 10.9. The minimum absolute atomic E-state index is 0.158. The number of hydrogen-bond acceptors (Lipinski definition) is 14. The standard InChI is InChI=1S/C55H61N9O10/c1-32(2)50(74-55(56)69)52(66)59-33(3)51(65)60-38-12-8-34(9-13-38)36-22-40-28-57-44-26-48(46(70-5)24-42(44)53(67)63(40)30-36)72-20-7-21-73-49-27-45-43(25-47(49)71-6)54(68)64-31-37(23-41(64)29-58-45)35-10-14-39(15-11-35)62-18-16-61(4)17-19-62/h8-15,24-33,40-41,50H,7,16-23H2,1-6H3,(H2,56,69)(H,59,66)(H,60,65)/t33-,40-,41-,50-/m0/s1. The van der Waals surface area contributed by atoms with Crippen LogP contribution in [0.25, 0.3) is 11.1 Å². The maximum absolute atomic E-state index is 14.0. The van der Waals surface area contributed by atoms with E-state index in [0.717, 1.165) is 48.5 Å². The Morgan fingerprint density at radius 1 is 0.689 bits per heavy atom. The number of nitrogens with one attached hydrogen (secondary N) is 2. The number of carbonyl (C=O) groups is 5. The van der Waals surface area contributed by atoms with Crippen molar-refractivity contribution in [3.05, 3.63) is 107 Å². The molecule has 0 aliphatic carbocycles. The Kier molecular flexibility index (Phi) is 15.0. The molecule has 4 atom stereocenters. The van der Waals surface area contributed by atoms with Crippen LogP contribution >= 0.6 is 0 Å². The Balaban J connectivity index is 0.778. The van der Waals surface area contributed by atoms with E-state index >= 15 is 0 Å². The lowest BCUT2D eigenvalue weighted by Gasteiger charge is -2.34. The number of piperazine rings is 1. The van der Waals surface area contributed by atoms with Crippen LogP contribution in [0.1, 0.15) is 71.9 Å². The number of benzene rings is 4. The predicted octanol–water partition coefficient (Wildman–Crippen LogP) is 6.81. The first kappa shape index (κ1) is 50.7. The molecule has 19 nitrogen and oxygen atoms in total. The first-order valence-corrected chi connectivity index (χ1v) is 24.7. The number of hydrogen-bond donors (Lipinski definition) is 3. The minimum atomic E-state index is -1.14. The molecule has 5 aliphatic rings. The summed E-state index contributed by atoms with van der Waals surface area (Å²) < 4.78 is 28.7. The van der Waals surface area contributed by atoms with E-state index in [1.807, 2.05) is 30.7 Å². The van der Waals surface area contributed by atoms with Crippen LogP contribution in [-0.2, 0) is 14.3 Å². The van der Waals surface area contributed by atoms with Crippen molar-refractivity contribution in [1.29, 1.82) is 0 Å². The van der Waals surface area contributed by atoms with Gasteiger partial charge in [-0.25, -0.2) is 4.79 Å². The molecule has 4 N–H and O–H groups in total. The Labute approximate surface area is 429 Å². The number of nitrogens with two attached hydrogens (primary N) is 1. The van der Waals surface area contributed by atoms with Gasteiger partial charge in [0.25, 0.3) is 17.7 Å². The lowest BCUT2D eigenvalue weighted by molar-refractivity contribution is -0.134. The molecule has 4 aromatic rings. The highest BCUT2D eigenvalue weighted by Gasteiger charge is 2.36. The molecule has 1 fully saturated rings. The highest BCUT2D eigenvalue weighted by Crippen LogP contribution is 2.42. The summed E-state index contributed by atoms with van der Waals surface area (Å²) in [7, 11) is 5.20. The summed E-state index contributed by atoms with van der Waals surface area (Å²) in [5.74, 6) is -0.206. The Morgan fingerprint density at radius 3 is 1.66 bits per heavy atom. The summed E-state index contributed by atoms with van der Waals surface area (Å²) in [6, 6.07) is 21.0. The Hall–Kier alpha value is -8.19. The number of fused-ring (bicyclic) bond motifs is 4. The molecule has 5 amide bonds. The predicted molar refractivity (Wildman–Crippen MR) is 281 cm³/mol. The molecule has 386 valence electrons. The smallest absolute Gasteiger partial charge is 0.405 e. The second-order valence-electron chi connectivity index (χ2n) is 19.2. The zero-order chi connectivity index (χ0) is 52.2. The van der Waals surface area contributed by atoms with E-state index in [1.165, 1.54) is 26.8 Å². The molecule has 74 heavy (non-hydrogen) atoms. The van der Waals surface area contributed by atoms with E-state index in [1.54, 1.807) is 66.3 Å². The van der Waals surface area contributed by atoms with E-state index in [-0.39, 0.29) is 43.0 Å². The molecule has 0 saturated carbocycles. The van der Waals surface area contributed by atoms with E-state index in [0.29, 0.717) is 70.4 Å². The number of carbonyl (C=O) groups excluding carboxylic acids is 5. The maximum atomic E-state index is 14.0. The minimum Gasteiger partial charge on any atom is -0.493 e. The Morgan fingerprint density at radius 2 is 1.19 bits per heavy atom. The largest absolute Gasteiger partial charge is 0.493 e. The second kappa shape index (κ2) is 21.9. The summed E-state index contributed by atoms with van der Waals surface area (Å²) in [5.41, 5.74) is 12.5. The van der Waals surface area contributed by atoms with Crippen LogP contribution in [0.5, 0.6) is 23.0 Å². The molecular formula is C55H61N9O10. The first-order chi connectivity index (χ1) is 35.7. The van der Waals surface area contributed by atoms with Gasteiger partial charge in [-0.2, -0.15) is 0 Å². The topological polar surface area (TPSA) is 219 Å². The molecule has 0 bridgehead atoms. The van der Waals surface area contributed by atoms with Gasteiger partial charge in [0.05, 0.1) is 62.0 Å². The van der Waals surface area contributed by atoms with Gasteiger partial charge in [0.1, 0.15) is 6.04 Å². The number of anilines is 2. The van der Waals surface area contributed by atoms with Gasteiger partial charge in [-0.3, -0.25) is 29.2 Å². The first-order valence-electron chi connectivity index (χ1n) is 24.7. The third-order valence-corrected chi connectivity index (χ3v) is 13.7.